The van der Waals surface area contributed by atoms with E-state index in [1.165, 1.54) is 26.0 Å². The fourth-order valence-electron chi connectivity index (χ4n) is 2.13. The molecular weight excluding hydrogens is 554 g/mol. The standard InChI is InChI=1S/C14H14BrF2INO4PS/c1-3-22-24(21,23-4-2)14(16,17)12-10(15)8-5-7(13(19)20)6-9(18)11(8)25-12/h5-6H,3-4H2,1-2H3,(H2,19,20). The van der Waals surface area contributed by atoms with Crippen LogP contribution in [0, 0.1) is 3.57 Å². The fourth-order valence-corrected chi connectivity index (χ4v) is 7.04. The first-order valence-corrected chi connectivity index (χ1v) is 11.3. The van der Waals surface area contributed by atoms with Crippen LogP contribution in [0.3, 0.4) is 0 Å². The van der Waals surface area contributed by atoms with Crippen LogP contribution in [-0.4, -0.2) is 19.1 Å². The van der Waals surface area contributed by atoms with Crippen molar-refractivity contribution < 1.29 is 27.2 Å². The summed E-state index contributed by atoms with van der Waals surface area (Å²) >= 11 is 5.85. The number of carbonyl (C=O) groups is 1. The number of benzene rings is 1. The van der Waals surface area contributed by atoms with Crippen LogP contribution in [0.15, 0.2) is 16.6 Å². The lowest BCUT2D eigenvalue weighted by Crippen LogP contribution is -2.17. The van der Waals surface area contributed by atoms with Crippen molar-refractivity contribution in [3.8, 4) is 0 Å². The first-order chi connectivity index (χ1) is 11.6. The average molecular weight is 568 g/mol. The molecule has 138 valence electrons. The predicted molar refractivity (Wildman–Crippen MR) is 106 cm³/mol. The Morgan fingerprint density at radius 3 is 2.40 bits per heavy atom. The number of amides is 1. The molecule has 0 radical (unpaired) electrons. The topological polar surface area (TPSA) is 78.6 Å². The van der Waals surface area contributed by atoms with Crippen molar-refractivity contribution >= 4 is 73.4 Å². The summed E-state index contributed by atoms with van der Waals surface area (Å²) in [6.45, 7) is 2.56. The van der Waals surface area contributed by atoms with Gasteiger partial charge in [-0.2, -0.15) is 8.78 Å². The fraction of sp³-hybridized carbons (Fsp3) is 0.357. The summed E-state index contributed by atoms with van der Waals surface area (Å²) in [7, 11) is -4.72. The molecule has 0 saturated heterocycles. The smallest absolute Gasteiger partial charge is 0.366 e. The number of hydrogen-bond acceptors (Lipinski definition) is 5. The van der Waals surface area contributed by atoms with Crippen LogP contribution in [0.5, 0.6) is 0 Å². The number of alkyl halides is 2. The summed E-state index contributed by atoms with van der Waals surface area (Å²) in [5.41, 5.74) is 1.63. The molecule has 0 fully saturated rings. The van der Waals surface area contributed by atoms with Crippen LogP contribution in [-0.2, 0) is 19.3 Å². The lowest BCUT2D eigenvalue weighted by molar-refractivity contribution is 0.0387. The van der Waals surface area contributed by atoms with Gasteiger partial charge in [0, 0.05) is 23.7 Å². The zero-order valence-electron chi connectivity index (χ0n) is 13.1. The van der Waals surface area contributed by atoms with E-state index >= 15 is 8.78 Å². The second-order valence-electron chi connectivity index (χ2n) is 4.82. The Kier molecular flexibility index (Phi) is 6.65. The number of primary amides is 1. The maximum atomic E-state index is 15.0. The molecule has 0 unspecified atom stereocenters. The van der Waals surface area contributed by atoms with Crippen molar-refractivity contribution in [1.29, 1.82) is 0 Å². The zero-order chi connectivity index (χ0) is 19.0. The highest BCUT2D eigenvalue weighted by molar-refractivity contribution is 14.1. The van der Waals surface area contributed by atoms with Gasteiger partial charge in [-0.05, 0) is 64.5 Å². The van der Waals surface area contributed by atoms with E-state index in [-0.39, 0.29) is 23.2 Å². The third-order valence-corrected chi connectivity index (χ3v) is 9.05. The van der Waals surface area contributed by atoms with E-state index in [2.05, 4.69) is 15.9 Å². The van der Waals surface area contributed by atoms with E-state index in [0.717, 1.165) is 11.3 Å². The SMILES string of the molecule is CCOP(=O)(OCC)C(F)(F)c1sc2c(I)cc(C(N)=O)cc2c1Br. The lowest BCUT2D eigenvalue weighted by Gasteiger charge is -2.25. The van der Waals surface area contributed by atoms with Gasteiger partial charge in [-0.3, -0.25) is 9.36 Å². The van der Waals surface area contributed by atoms with Crippen molar-refractivity contribution in [2.45, 2.75) is 19.5 Å². The summed E-state index contributed by atoms with van der Waals surface area (Å²) < 4.78 is 53.5. The van der Waals surface area contributed by atoms with E-state index in [1.807, 2.05) is 22.6 Å². The summed E-state index contributed by atoms with van der Waals surface area (Å²) in [5, 5.41) is 0.389. The molecule has 1 aromatic carbocycles. The molecule has 0 aliphatic carbocycles. The number of hydrogen-bond donors (Lipinski definition) is 1. The molecule has 2 N–H and O–H groups in total. The van der Waals surface area contributed by atoms with Gasteiger partial charge in [0.2, 0.25) is 5.91 Å². The van der Waals surface area contributed by atoms with E-state index < -0.39 is 24.0 Å². The van der Waals surface area contributed by atoms with Gasteiger partial charge in [-0.25, -0.2) is 0 Å². The van der Waals surface area contributed by atoms with E-state index in [4.69, 9.17) is 14.8 Å². The second-order valence-corrected chi connectivity index (χ2v) is 9.87. The summed E-state index contributed by atoms with van der Waals surface area (Å²) in [5.74, 6) is -0.666. The molecule has 0 atom stereocenters. The Hall–Kier alpha value is -0.130. The first kappa shape index (κ1) is 21.2. The molecule has 1 heterocycles. The minimum Gasteiger partial charge on any atom is -0.366 e. The highest BCUT2D eigenvalue weighted by atomic mass is 127. The molecule has 0 spiro atoms. The third kappa shape index (κ3) is 3.79. The van der Waals surface area contributed by atoms with Crippen LogP contribution >= 0.6 is 57.5 Å². The molecule has 1 amide bonds. The molecule has 0 bridgehead atoms. The first-order valence-electron chi connectivity index (χ1n) is 7.07. The monoisotopic (exact) mass is 567 g/mol. The van der Waals surface area contributed by atoms with Crippen LogP contribution in [0.25, 0.3) is 10.1 Å². The van der Waals surface area contributed by atoms with E-state index in [9.17, 15) is 9.36 Å². The van der Waals surface area contributed by atoms with Gasteiger partial charge in [0.15, 0.2) is 0 Å². The van der Waals surface area contributed by atoms with Gasteiger partial charge >= 0.3 is 13.3 Å². The zero-order valence-corrected chi connectivity index (χ0v) is 18.6. The van der Waals surface area contributed by atoms with Gasteiger partial charge < -0.3 is 14.8 Å². The molecule has 0 saturated carbocycles. The second kappa shape index (κ2) is 7.85. The average Bonchev–Trinajstić information content (AvgIpc) is 2.86. The molecule has 25 heavy (non-hydrogen) atoms. The van der Waals surface area contributed by atoms with Crippen molar-refractivity contribution in [2.75, 3.05) is 13.2 Å². The van der Waals surface area contributed by atoms with Crippen molar-refractivity contribution in [3.63, 3.8) is 0 Å². The molecule has 2 rings (SSSR count). The molecule has 1 aromatic heterocycles. The molecule has 5 nitrogen and oxygen atoms in total. The lowest BCUT2D eigenvalue weighted by atomic mass is 10.1. The normalized spacial score (nSPS) is 12.7. The number of carbonyl (C=O) groups excluding carboxylic acids is 1. The van der Waals surface area contributed by atoms with Crippen LogP contribution in [0.1, 0.15) is 29.1 Å². The highest BCUT2D eigenvalue weighted by Crippen LogP contribution is 2.69. The van der Waals surface area contributed by atoms with Crippen molar-refractivity contribution in [1.82, 2.24) is 0 Å². The number of halogens is 4. The number of thiophene rings is 1. The Morgan fingerprint density at radius 2 is 1.92 bits per heavy atom. The van der Waals surface area contributed by atoms with Crippen molar-refractivity contribution in [2.24, 2.45) is 5.73 Å². The Bertz CT molecular complexity index is 866. The van der Waals surface area contributed by atoms with Gasteiger partial charge in [0.05, 0.1) is 13.2 Å². The van der Waals surface area contributed by atoms with Gasteiger partial charge in [0.1, 0.15) is 4.88 Å². The molecule has 11 heteroatoms. The Labute approximate surface area is 169 Å². The number of fused-ring (bicyclic) bond motifs is 1. The Balaban J connectivity index is 2.71. The number of rotatable bonds is 7. The highest BCUT2D eigenvalue weighted by Gasteiger charge is 2.57. The van der Waals surface area contributed by atoms with Gasteiger partial charge in [-0.15, -0.1) is 11.3 Å². The third-order valence-electron chi connectivity index (χ3n) is 3.18. The minimum absolute atomic E-state index is 0.0400. The largest absolute Gasteiger partial charge is 0.405 e. The maximum absolute atomic E-state index is 15.0. The van der Waals surface area contributed by atoms with Gasteiger partial charge in [-0.1, -0.05) is 0 Å². The van der Waals surface area contributed by atoms with Gasteiger partial charge in [0.25, 0.3) is 0 Å². The molecule has 0 aliphatic heterocycles. The summed E-state index contributed by atoms with van der Waals surface area (Å²) in [6.07, 6.45) is 0. The summed E-state index contributed by atoms with van der Waals surface area (Å²) in [6, 6.07) is 2.94. The molecular formula is C14H14BrF2INO4PS. The predicted octanol–water partition coefficient (Wildman–Crippen LogP) is 5.68. The van der Waals surface area contributed by atoms with E-state index in [0.29, 0.717) is 13.7 Å². The van der Waals surface area contributed by atoms with Crippen LogP contribution in [0.2, 0.25) is 0 Å². The van der Waals surface area contributed by atoms with Crippen LogP contribution in [0.4, 0.5) is 8.78 Å². The Morgan fingerprint density at radius 1 is 1.36 bits per heavy atom. The van der Waals surface area contributed by atoms with Crippen LogP contribution < -0.4 is 5.73 Å². The summed E-state index contributed by atoms with van der Waals surface area (Å²) in [4.78, 5) is 10.9. The molecule has 2 aromatic rings. The quantitative estimate of drug-likeness (QED) is 0.345. The molecule has 0 aliphatic rings. The maximum Gasteiger partial charge on any atom is 0.405 e. The number of nitrogens with two attached hydrogens (primary N) is 1. The van der Waals surface area contributed by atoms with E-state index in [1.54, 1.807) is 0 Å². The van der Waals surface area contributed by atoms with Crippen molar-refractivity contribution in [3.05, 3.63) is 30.6 Å². The minimum atomic E-state index is -4.72.